The number of ether oxygens (including phenoxy) is 5. The van der Waals surface area contributed by atoms with Crippen molar-refractivity contribution in [2.45, 2.75) is 366 Å². The molecule has 0 aromatic carbocycles. The minimum atomic E-state index is -1.90. The van der Waals surface area contributed by atoms with Gasteiger partial charge in [0.2, 0.25) is 0 Å². The highest BCUT2D eigenvalue weighted by Crippen LogP contribution is 2.27. The number of hydrogen-bond donors (Lipinski definition) is 3. The Morgan fingerprint density at radius 3 is 1.08 bits per heavy atom. The van der Waals surface area contributed by atoms with E-state index in [1.165, 1.54) is 186 Å². The summed E-state index contributed by atoms with van der Waals surface area (Å²) in [7, 11) is 0. The van der Waals surface area contributed by atoms with Gasteiger partial charge in [0.05, 0.1) is 6.61 Å². The van der Waals surface area contributed by atoms with Gasteiger partial charge in [0.1, 0.15) is 18.8 Å². The number of carbonyl (C=O) groups is 4. The van der Waals surface area contributed by atoms with E-state index in [2.05, 4.69) is 45.1 Å². The Morgan fingerprint density at radius 2 is 0.722 bits per heavy atom. The van der Waals surface area contributed by atoms with Gasteiger partial charge in [0.25, 0.3) is 0 Å². The van der Waals surface area contributed by atoms with E-state index in [4.69, 9.17) is 23.7 Å². The second-order valence-electron chi connectivity index (χ2n) is 23.1. The number of aliphatic hydroxyl groups is 2. The van der Waals surface area contributed by atoms with E-state index < -0.39 is 67.3 Å². The van der Waals surface area contributed by atoms with E-state index in [9.17, 15) is 34.5 Å². The molecule has 1 aliphatic rings. The summed E-state index contributed by atoms with van der Waals surface area (Å²) in [5, 5.41) is 31.6. The van der Waals surface area contributed by atoms with Gasteiger partial charge >= 0.3 is 23.9 Å². The zero-order chi connectivity index (χ0) is 57.5. The minimum absolute atomic E-state index is 0.0663. The number of aliphatic hydroxyl groups excluding tert-OH is 2. The van der Waals surface area contributed by atoms with E-state index in [-0.39, 0.29) is 25.9 Å². The highest BCUT2D eigenvalue weighted by molar-refractivity contribution is 5.74. The van der Waals surface area contributed by atoms with E-state index >= 15 is 0 Å². The monoisotopic (exact) mass is 1120 g/mol. The molecule has 462 valence electrons. The number of allylic oxidation sites excluding steroid dienone is 4. The lowest BCUT2D eigenvalue weighted by molar-refractivity contribution is -0.301. The van der Waals surface area contributed by atoms with Gasteiger partial charge in [-0.1, -0.05) is 263 Å². The van der Waals surface area contributed by atoms with Crippen LogP contribution < -0.4 is 0 Å². The molecule has 6 atom stereocenters. The Kier molecular flexibility index (Phi) is 52.3. The maximum Gasteiger partial charge on any atom is 0.335 e. The third-order valence-electron chi connectivity index (χ3n) is 15.5. The lowest BCUT2D eigenvalue weighted by Gasteiger charge is -2.40. The fourth-order valence-corrected chi connectivity index (χ4v) is 10.4. The van der Waals surface area contributed by atoms with Crippen LogP contribution in [0.4, 0.5) is 0 Å². The highest BCUT2D eigenvalue weighted by atomic mass is 16.7. The number of unbranched alkanes of at least 4 members (excludes halogenated alkanes) is 40. The second-order valence-corrected chi connectivity index (χ2v) is 23.1. The average molecular weight is 1120 g/mol. The van der Waals surface area contributed by atoms with Gasteiger partial charge in [-0.2, -0.15) is 0 Å². The summed E-state index contributed by atoms with van der Waals surface area (Å²) in [6.45, 7) is 6.03. The molecule has 79 heavy (non-hydrogen) atoms. The molecule has 0 spiro atoms. The van der Waals surface area contributed by atoms with Gasteiger partial charge in [-0.3, -0.25) is 14.4 Å². The van der Waals surface area contributed by atoms with E-state index in [1.807, 2.05) is 0 Å². The van der Waals surface area contributed by atoms with Crippen molar-refractivity contribution in [2.75, 3.05) is 13.2 Å². The summed E-state index contributed by atoms with van der Waals surface area (Å²) in [5.41, 5.74) is 0. The summed E-state index contributed by atoms with van der Waals surface area (Å²) in [6.07, 6.45) is 52.8. The smallest absolute Gasteiger partial charge is 0.335 e. The van der Waals surface area contributed by atoms with Gasteiger partial charge < -0.3 is 39.0 Å². The van der Waals surface area contributed by atoms with Crippen molar-refractivity contribution < 1.29 is 58.2 Å². The van der Waals surface area contributed by atoms with Crippen LogP contribution in [-0.4, -0.2) is 89.2 Å². The van der Waals surface area contributed by atoms with Crippen LogP contribution in [-0.2, 0) is 42.9 Å². The number of carboxylic acid groups (broad SMARTS) is 1. The van der Waals surface area contributed by atoms with Gasteiger partial charge in [0, 0.05) is 19.3 Å². The van der Waals surface area contributed by atoms with Gasteiger partial charge in [0.15, 0.2) is 24.6 Å². The molecule has 1 rings (SSSR count). The van der Waals surface area contributed by atoms with Crippen molar-refractivity contribution in [2.24, 2.45) is 0 Å². The van der Waals surface area contributed by atoms with Crippen LogP contribution in [0.1, 0.15) is 329 Å². The molecule has 0 radical (unpaired) electrons. The minimum Gasteiger partial charge on any atom is -0.479 e. The number of hydrogen-bond acceptors (Lipinski definition) is 11. The first-order valence-electron chi connectivity index (χ1n) is 33.3. The van der Waals surface area contributed by atoms with Crippen LogP contribution in [0, 0.1) is 0 Å². The molecule has 1 aliphatic heterocycles. The summed E-state index contributed by atoms with van der Waals surface area (Å²) >= 11 is 0. The van der Waals surface area contributed by atoms with Gasteiger partial charge in [-0.15, -0.1) is 0 Å². The maximum absolute atomic E-state index is 13.2. The molecular weight excluding hydrogens is 997 g/mol. The third-order valence-corrected chi connectivity index (χ3v) is 15.5. The van der Waals surface area contributed by atoms with Crippen LogP contribution in [0.3, 0.4) is 0 Å². The molecule has 3 N–H and O–H groups in total. The summed E-state index contributed by atoms with van der Waals surface area (Å²) < 4.78 is 28.6. The van der Waals surface area contributed by atoms with Crippen LogP contribution in [0.15, 0.2) is 24.3 Å². The van der Waals surface area contributed by atoms with Crippen molar-refractivity contribution in [3.05, 3.63) is 24.3 Å². The summed E-state index contributed by atoms with van der Waals surface area (Å²) in [4.78, 5) is 51.3. The summed E-state index contributed by atoms with van der Waals surface area (Å²) in [6, 6.07) is 0. The normalized spacial score (nSPS) is 17.9. The van der Waals surface area contributed by atoms with Crippen molar-refractivity contribution in [3.8, 4) is 0 Å². The number of carbonyl (C=O) groups excluding carboxylic acids is 3. The Bertz CT molecular complexity index is 1470. The predicted octanol–water partition coefficient (Wildman–Crippen LogP) is 17.8. The maximum atomic E-state index is 13.2. The molecule has 0 bridgehead atoms. The topological polar surface area (TPSA) is 175 Å². The van der Waals surface area contributed by atoms with Crippen molar-refractivity contribution in [1.29, 1.82) is 0 Å². The predicted molar refractivity (Wildman–Crippen MR) is 322 cm³/mol. The van der Waals surface area contributed by atoms with Gasteiger partial charge in [-0.05, 0) is 70.6 Å². The van der Waals surface area contributed by atoms with Crippen LogP contribution in [0.25, 0.3) is 0 Å². The summed E-state index contributed by atoms with van der Waals surface area (Å²) in [5.74, 6) is -3.10. The second kappa shape index (κ2) is 55.7. The molecule has 0 aromatic heterocycles. The molecule has 0 aromatic rings. The molecular formula is C67H122O12. The Labute approximate surface area is 483 Å². The third kappa shape index (κ3) is 45.4. The van der Waals surface area contributed by atoms with Crippen LogP contribution in [0.2, 0.25) is 0 Å². The average Bonchev–Trinajstić information content (AvgIpc) is 3.47. The first kappa shape index (κ1) is 74.2. The van der Waals surface area contributed by atoms with Crippen molar-refractivity contribution >= 4 is 23.9 Å². The van der Waals surface area contributed by atoms with E-state index in [1.54, 1.807) is 0 Å². The fourth-order valence-electron chi connectivity index (χ4n) is 10.4. The number of rotatable bonds is 58. The quantitative estimate of drug-likeness (QED) is 0.0228. The van der Waals surface area contributed by atoms with Crippen LogP contribution in [0.5, 0.6) is 0 Å². The Balaban J connectivity index is 2.64. The standard InChI is InChI=1S/C67H122O12/c1-4-7-10-13-16-19-22-25-28-30-33-35-38-41-44-47-50-53-59(68)75-56-58(77-60(69)54-51-48-45-42-39-36-32-27-24-21-18-15-12-9-6-3)57-76-67-65(63(72)62(71)64(79-67)66(73)74)78-61(70)55-52-49-46-43-40-37-34-31-29-26-23-20-17-14-11-8-5-2/h25,27-28,32,58,62-65,67,71-72H,4-24,26,29-31,33-57H2,1-3H3,(H,73,74)/b28-25-,32-27-. The molecule has 0 aliphatic carbocycles. The molecule has 0 amide bonds. The SMILES string of the molecule is CCCCCCCC/C=C\CCCCCCCCCC(=O)OCC(COC1OC(C(=O)O)C(O)C(O)C1OC(=O)CCCCCCCCCCCCCCCCCCC)OC(=O)CCCCCCC/C=C\CCCCCCCC. The number of esters is 3. The zero-order valence-corrected chi connectivity index (χ0v) is 51.1. The van der Waals surface area contributed by atoms with Crippen molar-refractivity contribution in [1.82, 2.24) is 0 Å². The molecule has 1 saturated heterocycles. The first-order chi connectivity index (χ1) is 38.6. The first-order valence-corrected chi connectivity index (χ1v) is 33.3. The molecule has 12 heteroatoms. The molecule has 0 saturated carbocycles. The number of carboxylic acids is 1. The van der Waals surface area contributed by atoms with Crippen molar-refractivity contribution in [3.63, 3.8) is 0 Å². The molecule has 6 unspecified atom stereocenters. The zero-order valence-electron chi connectivity index (χ0n) is 51.1. The molecule has 1 heterocycles. The van der Waals surface area contributed by atoms with E-state index in [0.29, 0.717) is 19.3 Å². The lowest BCUT2D eigenvalue weighted by atomic mass is 9.98. The van der Waals surface area contributed by atoms with Crippen LogP contribution >= 0.6 is 0 Å². The Hall–Kier alpha value is -2.80. The van der Waals surface area contributed by atoms with Gasteiger partial charge in [-0.25, -0.2) is 4.79 Å². The molecule has 12 nitrogen and oxygen atoms in total. The largest absolute Gasteiger partial charge is 0.479 e. The number of aliphatic carboxylic acids is 1. The highest BCUT2D eigenvalue weighted by Gasteiger charge is 2.50. The lowest BCUT2D eigenvalue weighted by Crippen LogP contribution is -2.61. The fraction of sp³-hybridized carbons (Fsp3) is 0.881. The molecule has 1 fully saturated rings. The Morgan fingerprint density at radius 1 is 0.405 bits per heavy atom. The van der Waals surface area contributed by atoms with E-state index in [0.717, 1.165) is 83.5 Å².